The van der Waals surface area contributed by atoms with Gasteiger partial charge in [-0.3, -0.25) is 0 Å². The van der Waals surface area contributed by atoms with Crippen molar-refractivity contribution in [2.45, 2.75) is 11.8 Å². The van der Waals surface area contributed by atoms with Crippen LogP contribution in [0, 0.1) is 0 Å². The predicted molar refractivity (Wildman–Crippen MR) is 68.7 cm³/mol. The van der Waals surface area contributed by atoms with Gasteiger partial charge in [0.25, 0.3) is 0 Å². The largest absolute Gasteiger partial charge is 0.380 e. The van der Waals surface area contributed by atoms with Crippen molar-refractivity contribution in [3.05, 3.63) is 17.3 Å². The molecule has 0 aliphatic heterocycles. The molecule has 1 aromatic heterocycles. The monoisotopic (exact) mass is 294 g/mol. The van der Waals surface area contributed by atoms with Gasteiger partial charge >= 0.3 is 0 Å². The molecule has 0 aliphatic rings. The van der Waals surface area contributed by atoms with E-state index in [1.54, 1.807) is 0 Å². The van der Waals surface area contributed by atoms with Gasteiger partial charge in [0.05, 0.1) is 11.6 Å². The Morgan fingerprint density at radius 2 is 2.28 bits per heavy atom. The molecule has 18 heavy (non-hydrogen) atoms. The number of nitrogens with one attached hydrogen (secondary N) is 2. The number of nitrogen functional groups attached to an aromatic ring is 1. The van der Waals surface area contributed by atoms with Crippen molar-refractivity contribution >= 4 is 27.4 Å². The third kappa shape index (κ3) is 4.07. The molecule has 0 atom stereocenters. The molecule has 4 N–H and O–H groups in total. The zero-order valence-corrected chi connectivity index (χ0v) is 11.4. The molecule has 7 nitrogen and oxygen atoms in total. The van der Waals surface area contributed by atoms with Gasteiger partial charge in [-0.25, -0.2) is 24.0 Å². The van der Waals surface area contributed by atoms with E-state index >= 15 is 0 Å². The molecular weight excluding hydrogens is 280 g/mol. The lowest BCUT2D eigenvalue weighted by Crippen LogP contribution is -2.27. The zero-order valence-electron chi connectivity index (χ0n) is 9.81. The fourth-order valence-electron chi connectivity index (χ4n) is 1.15. The minimum absolute atomic E-state index is 0.0250. The number of rotatable bonds is 7. The molecule has 0 amide bonds. The number of ether oxygens (including phenoxy) is 1. The van der Waals surface area contributed by atoms with E-state index in [0.29, 0.717) is 13.2 Å². The highest BCUT2D eigenvalue weighted by Crippen LogP contribution is 2.21. The highest BCUT2D eigenvalue weighted by Gasteiger charge is 2.15. The molecule has 102 valence electrons. The number of nitrogens with zero attached hydrogens (tertiary/aromatic N) is 1. The van der Waals surface area contributed by atoms with E-state index in [1.165, 1.54) is 12.3 Å². The van der Waals surface area contributed by atoms with Gasteiger partial charge in [0.15, 0.2) is 5.82 Å². The van der Waals surface area contributed by atoms with Crippen LogP contribution in [0.25, 0.3) is 0 Å². The minimum Gasteiger partial charge on any atom is -0.380 e. The number of hydrogen-bond donors (Lipinski definition) is 3. The number of hydrogen-bond acceptors (Lipinski definition) is 6. The van der Waals surface area contributed by atoms with E-state index in [-0.39, 0.29) is 22.3 Å². The molecule has 9 heteroatoms. The molecule has 1 heterocycles. The Labute approximate surface area is 111 Å². The third-order valence-corrected chi connectivity index (χ3v) is 3.72. The average Bonchev–Trinajstić information content (AvgIpc) is 2.34. The van der Waals surface area contributed by atoms with Crippen molar-refractivity contribution < 1.29 is 13.2 Å². The van der Waals surface area contributed by atoms with Gasteiger partial charge in [-0.15, -0.1) is 0 Å². The number of hydrazine groups is 1. The number of nitrogens with two attached hydrogens (primary N) is 1. The summed E-state index contributed by atoms with van der Waals surface area (Å²) in [6.07, 6.45) is 1.17. The molecule has 0 spiro atoms. The van der Waals surface area contributed by atoms with E-state index in [0.717, 1.165) is 0 Å². The standard InChI is InChI=1S/C9H15ClN4O3S/c1-2-17-4-3-13-18(15,16)7-5-8(10)9(14-11)12-6-7/h5-6,13H,2-4,11H2,1H3,(H,12,14). The summed E-state index contributed by atoms with van der Waals surface area (Å²) in [7, 11) is -3.63. The van der Waals surface area contributed by atoms with E-state index in [4.69, 9.17) is 22.2 Å². The summed E-state index contributed by atoms with van der Waals surface area (Å²) in [5, 5.41) is 0.130. The first kappa shape index (κ1) is 15.1. The average molecular weight is 295 g/mol. The first-order valence-corrected chi connectivity index (χ1v) is 7.07. The normalized spacial score (nSPS) is 11.5. The maximum atomic E-state index is 11.8. The Bertz CT molecular complexity index is 495. The quantitative estimate of drug-likeness (QED) is 0.380. The second kappa shape index (κ2) is 6.86. The number of pyridine rings is 1. The topological polar surface area (TPSA) is 106 Å². The maximum absolute atomic E-state index is 11.8. The molecule has 0 aliphatic carbocycles. The summed E-state index contributed by atoms with van der Waals surface area (Å²) < 4.78 is 31.1. The van der Waals surface area contributed by atoms with Crippen LogP contribution in [-0.2, 0) is 14.8 Å². The molecule has 0 fully saturated rings. The lowest BCUT2D eigenvalue weighted by Gasteiger charge is -2.08. The van der Waals surface area contributed by atoms with Crippen molar-refractivity contribution in [2.24, 2.45) is 5.84 Å². The molecule has 0 radical (unpaired) electrons. The first-order chi connectivity index (χ1) is 8.51. The Balaban J connectivity index is 2.76. The highest BCUT2D eigenvalue weighted by molar-refractivity contribution is 7.89. The van der Waals surface area contributed by atoms with Crippen LogP contribution in [0.4, 0.5) is 5.82 Å². The van der Waals surface area contributed by atoms with Crippen LogP contribution in [0.15, 0.2) is 17.2 Å². The fraction of sp³-hybridized carbons (Fsp3) is 0.444. The number of sulfonamides is 1. The van der Waals surface area contributed by atoms with Crippen molar-refractivity contribution in [1.82, 2.24) is 9.71 Å². The summed E-state index contributed by atoms with van der Waals surface area (Å²) in [6.45, 7) is 2.85. The third-order valence-electron chi connectivity index (χ3n) is 2.01. The van der Waals surface area contributed by atoms with Crippen LogP contribution in [0.1, 0.15) is 6.92 Å². The molecule has 0 saturated heterocycles. The second-order valence-corrected chi connectivity index (χ2v) is 5.41. The van der Waals surface area contributed by atoms with Crippen LogP contribution in [0.5, 0.6) is 0 Å². The predicted octanol–water partition coefficient (Wildman–Crippen LogP) is 0.335. The Morgan fingerprint density at radius 1 is 1.56 bits per heavy atom. The summed E-state index contributed by atoms with van der Waals surface area (Å²) >= 11 is 5.80. The lowest BCUT2D eigenvalue weighted by atomic mass is 10.5. The van der Waals surface area contributed by atoms with Crippen LogP contribution in [0.3, 0.4) is 0 Å². The first-order valence-electron chi connectivity index (χ1n) is 5.21. The Morgan fingerprint density at radius 3 is 2.83 bits per heavy atom. The van der Waals surface area contributed by atoms with Gasteiger partial charge in [0.2, 0.25) is 10.0 Å². The van der Waals surface area contributed by atoms with Gasteiger partial charge in [0.1, 0.15) is 4.90 Å². The smallest absolute Gasteiger partial charge is 0.242 e. The highest BCUT2D eigenvalue weighted by atomic mass is 35.5. The van der Waals surface area contributed by atoms with Gasteiger partial charge < -0.3 is 10.2 Å². The molecule has 1 rings (SSSR count). The zero-order chi connectivity index (χ0) is 13.6. The number of halogens is 1. The lowest BCUT2D eigenvalue weighted by molar-refractivity contribution is 0.153. The van der Waals surface area contributed by atoms with Crippen molar-refractivity contribution in [3.63, 3.8) is 0 Å². The Hall–Kier alpha value is -0.930. The molecule has 0 aromatic carbocycles. The van der Waals surface area contributed by atoms with Gasteiger partial charge in [-0.2, -0.15) is 0 Å². The van der Waals surface area contributed by atoms with Gasteiger partial charge in [-0.1, -0.05) is 11.6 Å². The second-order valence-electron chi connectivity index (χ2n) is 3.24. The van der Waals surface area contributed by atoms with E-state index < -0.39 is 10.0 Å². The summed E-state index contributed by atoms with van der Waals surface area (Å²) in [5.41, 5.74) is 2.26. The number of aromatic nitrogens is 1. The minimum atomic E-state index is -3.63. The van der Waals surface area contributed by atoms with Crippen LogP contribution >= 0.6 is 11.6 Å². The van der Waals surface area contributed by atoms with Crippen molar-refractivity contribution in [3.8, 4) is 0 Å². The molecule has 0 unspecified atom stereocenters. The number of anilines is 1. The van der Waals surface area contributed by atoms with Crippen LogP contribution in [0.2, 0.25) is 5.02 Å². The maximum Gasteiger partial charge on any atom is 0.242 e. The van der Waals surface area contributed by atoms with Crippen LogP contribution < -0.4 is 16.0 Å². The molecule has 0 bridgehead atoms. The summed E-state index contributed by atoms with van der Waals surface area (Å²) in [6, 6.07) is 1.27. The van der Waals surface area contributed by atoms with Crippen molar-refractivity contribution in [1.29, 1.82) is 0 Å². The van der Waals surface area contributed by atoms with Gasteiger partial charge in [0, 0.05) is 19.3 Å². The van der Waals surface area contributed by atoms with E-state index in [2.05, 4.69) is 15.1 Å². The molecule has 1 aromatic rings. The summed E-state index contributed by atoms with van der Waals surface area (Å²) in [4.78, 5) is 3.76. The van der Waals surface area contributed by atoms with E-state index in [1.807, 2.05) is 6.92 Å². The van der Waals surface area contributed by atoms with Crippen molar-refractivity contribution in [2.75, 3.05) is 25.2 Å². The Kier molecular flexibility index (Phi) is 5.76. The fourth-order valence-corrected chi connectivity index (χ4v) is 2.42. The van der Waals surface area contributed by atoms with Gasteiger partial charge in [-0.05, 0) is 13.0 Å². The molecule has 0 saturated carbocycles. The van der Waals surface area contributed by atoms with E-state index in [9.17, 15) is 8.42 Å². The molecular formula is C9H15ClN4O3S. The van der Waals surface area contributed by atoms with Crippen LogP contribution in [-0.4, -0.2) is 33.2 Å². The summed E-state index contributed by atoms with van der Waals surface area (Å²) in [5.74, 6) is 5.36. The SMILES string of the molecule is CCOCCNS(=O)(=O)c1cnc(NN)c(Cl)c1.